The molecule has 0 saturated carbocycles. The van der Waals surface area contributed by atoms with Crippen LogP contribution < -0.4 is 10.2 Å². The monoisotopic (exact) mass is 447 g/mol. The summed E-state index contributed by atoms with van der Waals surface area (Å²) in [6, 6.07) is 11.5. The van der Waals surface area contributed by atoms with E-state index in [-0.39, 0.29) is 18.4 Å². The number of piperidine rings is 2. The molecule has 4 rings (SSSR count). The van der Waals surface area contributed by atoms with Crippen LogP contribution in [0.4, 0.5) is 11.4 Å². The van der Waals surface area contributed by atoms with Crippen molar-refractivity contribution in [3.63, 3.8) is 0 Å². The van der Waals surface area contributed by atoms with Crippen molar-refractivity contribution < 1.29 is 13.2 Å². The zero-order valence-electron chi connectivity index (χ0n) is 17.3. The number of hydrogen-bond acceptors (Lipinski definition) is 5. The molecule has 0 spiro atoms. The van der Waals surface area contributed by atoms with Gasteiger partial charge in [0.1, 0.15) is 4.21 Å². The number of thiophene rings is 1. The van der Waals surface area contributed by atoms with Gasteiger partial charge in [-0.05, 0) is 75.4 Å². The summed E-state index contributed by atoms with van der Waals surface area (Å²) in [5, 5.41) is 2.98. The van der Waals surface area contributed by atoms with Crippen LogP contribution in [0.1, 0.15) is 37.0 Å². The SMILES string of the molecule is Cc1ccc(S(=O)(=O)N2CCCC(C(=O)Nc3ccc(N4CCCCC4)cc3)C2)s1. The minimum absolute atomic E-state index is 0.108. The van der Waals surface area contributed by atoms with E-state index >= 15 is 0 Å². The number of amides is 1. The highest BCUT2D eigenvalue weighted by atomic mass is 32.2. The molecule has 2 fully saturated rings. The van der Waals surface area contributed by atoms with Gasteiger partial charge in [-0.25, -0.2) is 8.42 Å². The van der Waals surface area contributed by atoms with Gasteiger partial charge < -0.3 is 10.2 Å². The maximum Gasteiger partial charge on any atom is 0.252 e. The third kappa shape index (κ3) is 4.71. The van der Waals surface area contributed by atoms with E-state index in [0.717, 1.165) is 23.7 Å². The van der Waals surface area contributed by atoms with Crippen molar-refractivity contribution in [2.24, 2.45) is 5.92 Å². The second-order valence-corrected chi connectivity index (χ2v) is 11.6. The van der Waals surface area contributed by atoms with E-state index in [1.165, 1.54) is 40.6 Å². The standard InChI is InChI=1S/C22H29N3O3S2/c1-17-7-12-21(29-17)30(27,28)25-15-5-6-18(16-25)22(26)23-19-8-10-20(11-9-19)24-13-3-2-4-14-24/h7-12,18H,2-6,13-16H2,1H3,(H,23,26). The van der Waals surface area contributed by atoms with Gasteiger partial charge in [-0.1, -0.05) is 0 Å². The molecule has 1 N–H and O–H groups in total. The number of benzene rings is 1. The van der Waals surface area contributed by atoms with Crippen molar-refractivity contribution in [2.75, 3.05) is 36.4 Å². The highest BCUT2D eigenvalue weighted by Crippen LogP contribution is 2.29. The van der Waals surface area contributed by atoms with E-state index in [1.54, 1.807) is 6.07 Å². The lowest BCUT2D eigenvalue weighted by atomic mass is 9.98. The Bertz CT molecular complexity index is 979. The predicted molar refractivity (Wildman–Crippen MR) is 122 cm³/mol. The lowest BCUT2D eigenvalue weighted by Gasteiger charge is -2.31. The minimum Gasteiger partial charge on any atom is -0.372 e. The van der Waals surface area contributed by atoms with Crippen LogP contribution in [0, 0.1) is 12.8 Å². The van der Waals surface area contributed by atoms with Crippen LogP contribution in [0.15, 0.2) is 40.6 Å². The van der Waals surface area contributed by atoms with Crippen molar-refractivity contribution in [3.8, 4) is 0 Å². The molecule has 3 heterocycles. The largest absolute Gasteiger partial charge is 0.372 e. The lowest BCUT2D eigenvalue weighted by molar-refractivity contribution is -0.120. The van der Waals surface area contributed by atoms with Gasteiger partial charge >= 0.3 is 0 Å². The average molecular weight is 448 g/mol. The van der Waals surface area contributed by atoms with E-state index in [0.29, 0.717) is 23.6 Å². The van der Waals surface area contributed by atoms with E-state index in [2.05, 4.69) is 22.3 Å². The summed E-state index contributed by atoms with van der Waals surface area (Å²) in [6.07, 6.45) is 5.14. The van der Waals surface area contributed by atoms with Crippen LogP contribution in [0.3, 0.4) is 0 Å². The van der Waals surface area contributed by atoms with Crippen molar-refractivity contribution in [3.05, 3.63) is 41.3 Å². The molecule has 1 unspecified atom stereocenters. The molecule has 1 aromatic carbocycles. The maximum absolute atomic E-state index is 12.9. The normalized spacial score (nSPS) is 20.8. The first-order valence-corrected chi connectivity index (χ1v) is 12.9. The number of carbonyl (C=O) groups is 1. The van der Waals surface area contributed by atoms with Crippen LogP contribution in [0.25, 0.3) is 0 Å². The Labute approximate surface area is 182 Å². The molecule has 0 bridgehead atoms. The molecule has 0 radical (unpaired) electrons. The van der Waals surface area contributed by atoms with Gasteiger partial charge in [-0.15, -0.1) is 11.3 Å². The third-order valence-corrected chi connectivity index (χ3v) is 9.25. The summed E-state index contributed by atoms with van der Waals surface area (Å²) in [6.45, 7) is 4.76. The Morgan fingerprint density at radius 1 is 1.00 bits per heavy atom. The fourth-order valence-electron chi connectivity index (χ4n) is 4.20. The Morgan fingerprint density at radius 2 is 1.73 bits per heavy atom. The molecular formula is C22H29N3O3S2. The molecule has 1 amide bonds. The molecule has 0 aliphatic carbocycles. The molecule has 1 aromatic heterocycles. The summed E-state index contributed by atoms with van der Waals surface area (Å²) in [7, 11) is -3.53. The van der Waals surface area contributed by atoms with Crippen LogP contribution in [-0.2, 0) is 14.8 Å². The van der Waals surface area contributed by atoms with Crippen LogP contribution in [-0.4, -0.2) is 44.8 Å². The summed E-state index contributed by atoms with van der Waals surface area (Å²) in [5.74, 6) is -0.445. The van der Waals surface area contributed by atoms with E-state index in [1.807, 2.05) is 25.1 Å². The molecule has 2 aromatic rings. The zero-order chi connectivity index (χ0) is 21.1. The fraction of sp³-hybridized carbons (Fsp3) is 0.500. The van der Waals surface area contributed by atoms with Crippen molar-refractivity contribution in [1.29, 1.82) is 0 Å². The van der Waals surface area contributed by atoms with E-state index in [9.17, 15) is 13.2 Å². The van der Waals surface area contributed by atoms with Crippen molar-refractivity contribution >= 4 is 38.6 Å². The van der Waals surface area contributed by atoms with Gasteiger partial charge in [-0.2, -0.15) is 4.31 Å². The number of hydrogen-bond donors (Lipinski definition) is 1. The second kappa shape index (κ2) is 9.08. The van der Waals surface area contributed by atoms with Gasteiger partial charge in [0, 0.05) is 42.4 Å². The van der Waals surface area contributed by atoms with Crippen molar-refractivity contribution in [2.45, 2.75) is 43.2 Å². The van der Waals surface area contributed by atoms with Gasteiger partial charge in [0.15, 0.2) is 0 Å². The van der Waals surface area contributed by atoms with E-state index in [4.69, 9.17) is 0 Å². The molecule has 8 heteroatoms. The number of anilines is 2. The fourth-order valence-corrected chi connectivity index (χ4v) is 7.17. The first-order chi connectivity index (χ1) is 14.4. The van der Waals surface area contributed by atoms with Gasteiger partial charge in [0.2, 0.25) is 5.91 Å². The summed E-state index contributed by atoms with van der Waals surface area (Å²) in [5.41, 5.74) is 1.95. The van der Waals surface area contributed by atoms with E-state index < -0.39 is 10.0 Å². The first kappa shape index (κ1) is 21.3. The average Bonchev–Trinajstić information content (AvgIpc) is 3.22. The molecule has 30 heavy (non-hydrogen) atoms. The quantitative estimate of drug-likeness (QED) is 0.750. The Morgan fingerprint density at radius 3 is 2.40 bits per heavy atom. The maximum atomic E-state index is 12.9. The number of rotatable bonds is 5. The summed E-state index contributed by atoms with van der Waals surface area (Å²) < 4.78 is 27.6. The molecule has 6 nitrogen and oxygen atoms in total. The minimum atomic E-state index is -3.53. The van der Waals surface area contributed by atoms with Gasteiger partial charge in [-0.3, -0.25) is 4.79 Å². The topological polar surface area (TPSA) is 69.7 Å². The first-order valence-electron chi connectivity index (χ1n) is 10.7. The van der Waals surface area contributed by atoms with Crippen LogP contribution in [0.2, 0.25) is 0 Å². The van der Waals surface area contributed by atoms with Gasteiger partial charge in [0.25, 0.3) is 10.0 Å². The lowest BCUT2D eigenvalue weighted by Crippen LogP contribution is -2.43. The van der Waals surface area contributed by atoms with Crippen LogP contribution >= 0.6 is 11.3 Å². The highest BCUT2D eigenvalue weighted by Gasteiger charge is 2.34. The summed E-state index contributed by atoms with van der Waals surface area (Å²) in [4.78, 5) is 16.2. The number of sulfonamides is 1. The number of nitrogens with one attached hydrogen (secondary N) is 1. The van der Waals surface area contributed by atoms with Crippen molar-refractivity contribution in [1.82, 2.24) is 4.31 Å². The molecule has 1 atom stereocenters. The molecule has 2 saturated heterocycles. The van der Waals surface area contributed by atoms with Gasteiger partial charge in [0.05, 0.1) is 5.92 Å². The number of aryl methyl sites for hydroxylation is 1. The molecule has 2 aliphatic rings. The number of carbonyl (C=O) groups excluding carboxylic acids is 1. The van der Waals surface area contributed by atoms with Crippen LogP contribution in [0.5, 0.6) is 0 Å². The third-order valence-electron chi connectivity index (χ3n) is 5.92. The molecule has 162 valence electrons. The zero-order valence-corrected chi connectivity index (χ0v) is 19.0. The smallest absolute Gasteiger partial charge is 0.252 e. The number of nitrogens with zero attached hydrogens (tertiary/aromatic N) is 2. The highest BCUT2D eigenvalue weighted by molar-refractivity contribution is 7.91. The molecule has 2 aliphatic heterocycles. The Kier molecular flexibility index (Phi) is 6.46. The summed E-state index contributed by atoms with van der Waals surface area (Å²) >= 11 is 1.28. The predicted octanol–water partition coefficient (Wildman–Crippen LogP) is 4.09. The molecular weight excluding hydrogens is 418 g/mol. The Hall–Kier alpha value is -1.90. The second-order valence-electron chi connectivity index (χ2n) is 8.15. The Balaban J connectivity index is 1.38.